The fraction of sp³-hybridized carbons (Fsp3) is 0.615. The number of carbonyl (C=O) groups is 1. The molecular weight excluding hydrogens is 294 g/mol. The molecule has 2 fully saturated rings. The number of β-amino-alcohol motifs (C(OH)–C–C–N with tert-alkyl or cyclic N) is 1. The van der Waals surface area contributed by atoms with Crippen molar-refractivity contribution >= 4 is 39.7 Å². The van der Waals surface area contributed by atoms with E-state index in [2.05, 4.69) is 10.2 Å². The second-order valence-electron chi connectivity index (χ2n) is 5.32. The molecule has 1 aromatic heterocycles. The van der Waals surface area contributed by atoms with Crippen LogP contribution in [0.1, 0.15) is 28.9 Å². The first kappa shape index (κ1) is 14.0. The summed E-state index contributed by atoms with van der Waals surface area (Å²) in [6.07, 6.45) is 4.60. The zero-order valence-electron chi connectivity index (χ0n) is 11.4. The van der Waals surface area contributed by atoms with E-state index in [1.807, 2.05) is 6.26 Å². The Morgan fingerprint density at radius 1 is 1.50 bits per heavy atom. The van der Waals surface area contributed by atoms with E-state index in [1.165, 1.54) is 11.3 Å². The molecule has 1 atom stereocenters. The van der Waals surface area contributed by atoms with E-state index in [0.717, 1.165) is 35.7 Å². The normalized spacial score (nSPS) is 22.3. The number of hydrogen-bond acceptors (Lipinski definition) is 6. The van der Waals surface area contributed by atoms with Gasteiger partial charge in [-0.3, -0.25) is 4.79 Å². The van der Waals surface area contributed by atoms with Gasteiger partial charge in [-0.25, -0.2) is 0 Å². The summed E-state index contributed by atoms with van der Waals surface area (Å²) in [5, 5.41) is 13.7. The highest BCUT2D eigenvalue weighted by Crippen LogP contribution is 2.44. The van der Waals surface area contributed by atoms with Gasteiger partial charge in [0.15, 0.2) is 0 Å². The lowest BCUT2D eigenvalue weighted by atomic mass is 10.3. The smallest absolute Gasteiger partial charge is 0.263 e. The summed E-state index contributed by atoms with van der Waals surface area (Å²) in [4.78, 5) is 15.9. The molecule has 7 heteroatoms. The number of amides is 1. The number of nitrogen functional groups attached to an aromatic ring is 1. The molecule has 3 rings (SSSR count). The van der Waals surface area contributed by atoms with E-state index in [-0.39, 0.29) is 12.0 Å². The van der Waals surface area contributed by atoms with Crippen molar-refractivity contribution < 1.29 is 9.90 Å². The first-order valence-corrected chi connectivity index (χ1v) is 8.84. The Morgan fingerprint density at radius 3 is 2.80 bits per heavy atom. The fourth-order valence-corrected chi connectivity index (χ4v) is 4.52. The molecular formula is C13H19N3O2S2. The number of thiophene rings is 1. The second-order valence-corrected chi connectivity index (χ2v) is 7.14. The predicted molar refractivity (Wildman–Crippen MR) is 83.8 cm³/mol. The molecule has 5 nitrogen and oxygen atoms in total. The van der Waals surface area contributed by atoms with Crippen LogP contribution in [-0.4, -0.2) is 42.5 Å². The van der Waals surface area contributed by atoms with Crippen LogP contribution in [0.5, 0.6) is 0 Å². The molecule has 0 radical (unpaired) electrons. The van der Waals surface area contributed by atoms with Crippen molar-refractivity contribution in [2.75, 3.05) is 30.0 Å². The van der Waals surface area contributed by atoms with Gasteiger partial charge in [-0.1, -0.05) is 0 Å². The van der Waals surface area contributed by atoms with Gasteiger partial charge in [0.25, 0.3) is 5.91 Å². The van der Waals surface area contributed by atoms with Gasteiger partial charge in [0.2, 0.25) is 0 Å². The summed E-state index contributed by atoms with van der Waals surface area (Å²) in [6, 6.07) is 0.332. The molecule has 1 saturated carbocycles. The van der Waals surface area contributed by atoms with E-state index in [1.54, 1.807) is 11.8 Å². The third-order valence-corrected chi connectivity index (χ3v) is 5.87. The molecule has 2 heterocycles. The van der Waals surface area contributed by atoms with Gasteiger partial charge in [0.05, 0.1) is 16.7 Å². The van der Waals surface area contributed by atoms with Crippen molar-refractivity contribution in [1.82, 2.24) is 5.32 Å². The Hall–Kier alpha value is -0.920. The molecule has 2 aliphatic rings. The summed E-state index contributed by atoms with van der Waals surface area (Å²) < 4.78 is 0. The quantitative estimate of drug-likeness (QED) is 0.735. The largest absolute Gasteiger partial charge is 0.396 e. The summed E-state index contributed by atoms with van der Waals surface area (Å²) in [5.41, 5.74) is 6.73. The van der Waals surface area contributed by atoms with E-state index in [9.17, 15) is 9.90 Å². The van der Waals surface area contributed by atoms with E-state index in [0.29, 0.717) is 23.2 Å². The van der Waals surface area contributed by atoms with Crippen molar-refractivity contribution in [1.29, 1.82) is 0 Å². The van der Waals surface area contributed by atoms with Gasteiger partial charge in [-0.05, 0) is 25.5 Å². The van der Waals surface area contributed by atoms with Gasteiger partial charge < -0.3 is 21.1 Å². The van der Waals surface area contributed by atoms with Crippen LogP contribution in [0, 0.1) is 0 Å². The maximum atomic E-state index is 12.2. The molecule has 1 aromatic rings. The van der Waals surface area contributed by atoms with Gasteiger partial charge in [0, 0.05) is 19.1 Å². The first-order chi connectivity index (χ1) is 9.60. The lowest BCUT2D eigenvalue weighted by Gasteiger charge is -2.16. The minimum Gasteiger partial charge on any atom is -0.396 e. The molecule has 0 bridgehead atoms. The van der Waals surface area contributed by atoms with Crippen molar-refractivity contribution in [3.8, 4) is 0 Å². The molecule has 1 unspecified atom stereocenters. The molecule has 20 heavy (non-hydrogen) atoms. The molecule has 1 amide bonds. The van der Waals surface area contributed by atoms with Crippen molar-refractivity contribution in [3.63, 3.8) is 0 Å². The zero-order chi connectivity index (χ0) is 14.3. The van der Waals surface area contributed by atoms with Gasteiger partial charge in [0.1, 0.15) is 9.88 Å². The summed E-state index contributed by atoms with van der Waals surface area (Å²) in [5.74, 6) is -0.0590. The first-order valence-electron chi connectivity index (χ1n) is 6.80. The van der Waals surface area contributed by atoms with E-state index >= 15 is 0 Å². The van der Waals surface area contributed by atoms with Crippen LogP contribution in [0.15, 0.2) is 4.90 Å². The van der Waals surface area contributed by atoms with Crippen LogP contribution in [0.2, 0.25) is 0 Å². The molecule has 0 spiro atoms. The molecule has 1 aliphatic heterocycles. The molecule has 110 valence electrons. The Bertz CT molecular complexity index is 528. The van der Waals surface area contributed by atoms with Crippen LogP contribution >= 0.6 is 23.1 Å². The molecule has 1 saturated heterocycles. The lowest BCUT2D eigenvalue weighted by Crippen LogP contribution is -2.25. The number of thioether (sulfide) groups is 1. The third kappa shape index (κ3) is 2.62. The number of nitrogens with one attached hydrogen (secondary N) is 1. The average Bonchev–Trinajstić information content (AvgIpc) is 3.01. The number of aliphatic hydroxyl groups is 1. The SMILES string of the molecule is CSc1c(N2CCC(O)C2)sc(C(=O)NC2CC2)c1N. The number of rotatable bonds is 4. The topological polar surface area (TPSA) is 78.6 Å². The van der Waals surface area contributed by atoms with Gasteiger partial charge in [-0.15, -0.1) is 23.1 Å². The summed E-state index contributed by atoms with van der Waals surface area (Å²) >= 11 is 3.01. The van der Waals surface area contributed by atoms with Crippen molar-refractivity contribution in [3.05, 3.63) is 4.88 Å². The molecule has 1 aliphatic carbocycles. The summed E-state index contributed by atoms with van der Waals surface area (Å²) in [7, 11) is 0. The maximum Gasteiger partial charge on any atom is 0.263 e. The van der Waals surface area contributed by atoms with E-state index in [4.69, 9.17) is 5.73 Å². The van der Waals surface area contributed by atoms with Crippen LogP contribution in [-0.2, 0) is 0 Å². The minimum absolute atomic E-state index is 0.0590. The second kappa shape index (κ2) is 5.46. The maximum absolute atomic E-state index is 12.2. The van der Waals surface area contributed by atoms with Crippen LogP contribution < -0.4 is 16.0 Å². The Kier molecular flexibility index (Phi) is 3.83. The molecule has 0 aromatic carbocycles. The van der Waals surface area contributed by atoms with Crippen LogP contribution in [0.25, 0.3) is 0 Å². The van der Waals surface area contributed by atoms with Crippen LogP contribution in [0.4, 0.5) is 10.7 Å². The predicted octanol–water partition coefficient (Wildman–Crippen LogP) is 1.52. The highest BCUT2D eigenvalue weighted by Gasteiger charge is 2.30. The van der Waals surface area contributed by atoms with Crippen LogP contribution in [0.3, 0.4) is 0 Å². The number of aliphatic hydroxyl groups excluding tert-OH is 1. The summed E-state index contributed by atoms with van der Waals surface area (Å²) in [6.45, 7) is 1.44. The Labute approximate surface area is 126 Å². The average molecular weight is 313 g/mol. The highest BCUT2D eigenvalue weighted by molar-refractivity contribution is 7.99. The van der Waals surface area contributed by atoms with Crippen molar-refractivity contribution in [2.24, 2.45) is 0 Å². The third-order valence-electron chi connectivity index (χ3n) is 3.66. The number of hydrogen-bond donors (Lipinski definition) is 3. The van der Waals surface area contributed by atoms with Gasteiger partial charge in [-0.2, -0.15) is 0 Å². The monoisotopic (exact) mass is 313 g/mol. The minimum atomic E-state index is -0.281. The number of nitrogens with zero attached hydrogens (tertiary/aromatic N) is 1. The van der Waals surface area contributed by atoms with Crippen molar-refractivity contribution in [2.45, 2.75) is 36.3 Å². The van der Waals surface area contributed by atoms with E-state index < -0.39 is 0 Å². The van der Waals surface area contributed by atoms with Gasteiger partial charge >= 0.3 is 0 Å². The number of anilines is 2. The zero-order valence-corrected chi connectivity index (χ0v) is 13.0. The number of carbonyl (C=O) groups excluding carboxylic acids is 1. The standard InChI is InChI=1S/C13H19N3O2S2/c1-19-11-9(14)10(12(18)15-7-2-3-7)20-13(11)16-5-4-8(17)6-16/h7-8,17H,2-6,14H2,1H3,(H,15,18). The Balaban J connectivity index is 1.87. The number of nitrogens with two attached hydrogens (primary N) is 1. The highest BCUT2D eigenvalue weighted by atomic mass is 32.2. The fourth-order valence-electron chi connectivity index (χ4n) is 2.40. The lowest BCUT2D eigenvalue weighted by molar-refractivity contribution is 0.0956. The molecule has 4 N–H and O–H groups in total. The Morgan fingerprint density at radius 2 is 2.25 bits per heavy atom.